The lowest BCUT2D eigenvalue weighted by atomic mass is 9.79. The summed E-state index contributed by atoms with van der Waals surface area (Å²) in [4.78, 5) is 4.32. The smallest absolute Gasteiger partial charge is 0.258 e. The summed E-state index contributed by atoms with van der Waals surface area (Å²) < 4.78 is 1.11. The SMILES string of the molecule is CSC(N)=NCc1cccc(/C=[N+](\O)c2cc(C(C)(C)C)c(O)c(C(C)(C)C)c2)c1. The minimum atomic E-state index is -0.268. The average Bonchev–Trinajstić information content (AvgIpc) is 2.64. The third-order valence-corrected chi connectivity index (χ3v) is 5.37. The molecule has 0 aliphatic heterocycles. The van der Waals surface area contributed by atoms with E-state index in [4.69, 9.17) is 5.73 Å². The number of phenolic OH excluding ortho intramolecular Hbond substituents is 1. The van der Waals surface area contributed by atoms with Crippen molar-refractivity contribution in [2.45, 2.75) is 58.9 Å². The Bertz CT molecular complexity index is 932. The minimum Gasteiger partial charge on any atom is -0.507 e. The summed E-state index contributed by atoms with van der Waals surface area (Å²) in [5.74, 6) is 0.290. The van der Waals surface area contributed by atoms with Crippen LogP contribution in [0.1, 0.15) is 63.8 Å². The quantitative estimate of drug-likeness (QED) is 0.202. The van der Waals surface area contributed by atoms with E-state index in [2.05, 4.69) is 4.99 Å². The van der Waals surface area contributed by atoms with E-state index in [0.29, 0.717) is 23.1 Å². The first-order chi connectivity index (χ1) is 13.8. The van der Waals surface area contributed by atoms with Crippen LogP contribution in [0.15, 0.2) is 41.4 Å². The third kappa shape index (κ3) is 6.02. The van der Waals surface area contributed by atoms with Gasteiger partial charge in [-0.25, -0.2) is 0 Å². The van der Waals surface area contributed by atoms with Crippen molar-refractivity contribution >= 4 is 28.8 Å². The van der Waals surface area contributed by atoms with Crippen molar-refractivity contribution < 1.29 is 15.1 Å². The molecule has 0 aliphatic carbocycles. The van der Waals surface area contributed by atoms with Gasteiger partial charge in [0.1, 0.15) is 5.75 Å². The van der Waals surface area contributed by atoms with Crippen LogP contribution >= 0.6 is 11.8 Å². The van der Waals surface area contributed by atoms with E-state index in [0.717, 1.165) is 27.0 Å². The Labute approximate surface area is 184 Å². The van der Waals surface area contributed by atoms with E-state index < -0.39 is 0 Å². The van der Waals surface area contributed by atoms with Crippen molar-refractivity contribution in [2.75, 3.05) is 6.26 Å². The highest BCUT2D eigenvalue weighted by atomic mass is 32.2. The van der Waals surface area contributed by atoms with E-state index in [-0.39, 0.29) is 10.8 Å². The van der Waals surface area contributed by atoms with Crippen LogP contribution < -0.4 is 5.73 Å². The molecule has 0 bridgehead atoms. The Balaban J connectivity index is 2.50. The summed E-state index contributed by atoms with van der Waals surface area (Å²) in [7, 11) is 0. The van der Waals surface area contributed by atoms with Gasteiger partial charge < -0.3 is 10.8 Å². The van der Waals surface area contributed by atoms with Gasteiger partial charge in [-0.3, -0.25) is 10.2 Å². The molecule has 4 N–H and O–H groups in total. The van der Waals surface area contributed by atoms with E-state index in [1.54, 1.807) is 6.21 Å². The molecule has 162 valence electrons. The predicted octanol–water partition coefficient (Wildman–Crippen LogP) is 5.32. The Morgan fingerprint density at radius 3 is 2.13 bits per heavy atom. The molecule has 0 fully saturated rings. The summed E-state index contributed by atoms with van der Waals surface area (Å²) in [6, 6.07) is 11.5. The molecule has 0 radical (unpaired) electrons. The number of phenols is 1. The Morgan fingerprint density at radius 1 is 1.07 bits per heavy atom. The first-order valence-electron chi connectivity index (χ1n) is 9.96. The molecule has 0 saturated heterocycles. The lowest BCUT2D eigenvalue weighted by Gasteiger charge is -2.26. The summed E-state index contributed by atoms with van der Waals surface area (Å²) in [6.07, 6.45) is 3.55. The molecule has 0 atom stereocenters. The molecular weight excluding hydrogens is 394 g/mol. The highest BCUT2D eigenvalue weighted by Gasteiger charge is 2.29. The lowest BCUT2D eigenvalue weighted by Crippen LogP contribution is -2.18. The number of aromatic hydroxyl groups is 1. The molecule has 0 amide bonds. The Hall–Kier alpha value is -2.47. The van der Waals surface area contributed by atoms with Gasteiger partial charge in [-0.1, -0.05) is 65.4 Å². The number of thioether (sulfide) groups is 1. The Morgan fingerprint density at radius 2 is 1.63 bits per heavy atom. The molecule has 0 aliphatic rings. The molecule has 2 aromatic carbocycles. The predicted molar refractivity (Wildman–Crippen MR) is 128 cm³/mol. The standard InChI is InChI=1S/C24H33N3O2S/c1-23(2,3)19-12-18(13-20(21(19)28)24(4,5)6)27(29)15-17-10-8-9-16(11-17)14-26-22(25)30-7/h8-13,15H,14H2,1-7H3,(H3-,25,26,28,29)/p+1/b27-15-. The summed E-state index contributed by atoms with van der Waals surface area (Å²) in [5.41, 5.74) is 9.28. The fourth-order valence-electron chi connectivity index (χ4n) is 3.12. The molecule has 2 rings (SSSR count). The zero-order chi connectivity index (χ0) is 22.7. The maximum Gasteiger partial charge on any atom is 0.258 e. The number of hydrogen-bond donors (Lipinski definition) is 3. The van der Waals surface area contributed by atoms with Crippen molar-refractivity contribution in [1.82, 2.24) is 0 Å². The number of nitrogens with two attached hydrogens (primary N) is 1. The number of amidine groups is 1. The summed E-state index contributed by atoms with van der Waals surface area (Å²) in [5, 5.41) is 22.3. The van der Waals surface area contributed by atoms with Gasteiger partial charge in [-0.2, -0.15) is 0 Å². The van der Waals surface area contributed by atoms with E-state index in [1.807, 2.05) is 84.2 Å². The normalized spacial score (nSPS) is 13.6. The van der Waals surface area contributed by atoms with Gasteiger partial charge in [-0.05, 0) is 34.8 Å². The van der Waals surface area contributed by atoms with Gasteiger partial charge in [-0.15, -0.1) is 0 Å². The van der Waals surface area contributed by atoms with Crippen LogP contribution in [-0.2, 0) is 17.4 Å². The van der Waals surface area contributed by atoms with Crippen LogP contribution in [0.4, 0.5) is 5.69 Å². The van der Waals surface area contributed by atoms with Gasteiger partial charge in [0.15, 0.2) is 5.17 Å². The first-order valence-corrected chi connectivity index (χ1v) is 11.2. The molecule has 6 heteroatoms. The zero-order valence-corrected chi connectivity index (χ0v) is 19.8. The molecule has 0 saturated carbocycles. The topological polar surface area (TPSA) is 81.8 Å². The van der Waals surface area contributed by atoms with Crippen LogP contribution in [0, 0.1) is 0 Å². The van der Waals surface area contributed by atoms with Gasteiger partial charge in [0.25, 0.3) is 5.69 Å². The van der Waals surface area contributed by atoms with Crippen molar-refractivity contribution in [2.24, 2.45) is 10.7 Å². The molecule has 0 aromatic heterocycles. The first kappa shape index (κ1) is 23.8. The maximum atomic E-state index is 10.9. The van der Waals surface area contributed by atoms with Crippen LogP contribution in [-0.4, -0.2) is 32.7 Å². The van der Waals surface area contributed by atoms with Crippen molar-refractivity contribution in [1.29, 1.82) is 0 Å². The Kier molecular flexibility index (Phi) is 7.24. The van der Waals surface area contributed by atoms with Crippen LogP contribution in [0.5, 0.6) is 5.75 Å². The van der Waals surface area contributed by atoms with Gasteiger partial charge in [0.05, 0.1) is 6.54 Å². The largest absolute Gasteiger partial charge is 0.507 e. The highest BCUT2D eigenvalue weighted by molar-refractivity contribution is 8.13. The van der Waals surface area contributed by atoms with Gasteiger partial charge in [0.2, 0.25) is 6.21 Å². The van der Waals surface area contributed by atoms with E-state index >= 15 is 0 Å². The molecule has 2 aromatic rings. The maximum absolute atomic E-state index is 10.9. The molecular formula is C24H34N3O2S+. The molecule has 5 nitrogen and oxygen atoms in total. The van der Waals surface area contributed by atoms with Crippen LogP contribution in [0.2, 0.25) is 0 Å². The van der Waals surface area contributed by atoms with E-state index in [9.17, 15) is 10.3 Å². The average molecular weight is 429 g/mol. The van der Waals surface area contributed by atoms with Gasteiger partial charge in [0, 0.05) is 33.6 Å². The highest BCUT2D eigenvalue weighted by Crippen LogP contribution is 2.41. The second kappa shape index (κ2) is 9.13. The molecule has 0 heterocycles. The van der Waals surface area contributed by atoms with Crippen LogP contribution in [0.25, 0.3) is 0 Å². The minimum absolute atomic E-state index is 0.268. The third-order valence-electron chi connectivity index (χ3n) is 4.82. The lowest BCUT2D eigenvalue weighted by molar-refractivity contribution is -0.709. The van der Waals surface area contributed by atoms with Crippen molar-refractivity contribution in [3.05, 3.63) is 58.7 Å². The summed E-state index contributed by atoms with van der Waals surface area (Å²) in [6.45, 7) is 12.8. The van der Waals surface area contributed by atoms with Crippen LogP contribution in [0.3, 0.4) is 0 Å². The number of rotatable bonds is 4. The van der Waals surface area contributed by atoms with E-state index in [1.165, 1.54) is 11.8 Å². The van der Waals surface area contributed by atoms with Crippen molar-refractivity contribution in [3.63, 3.8) is 0 Å². The summed E-state index contributed by atoms with van der Waals surface area (Å²) >= 11 is 1.42. The second-order valence-corrected chi connectivity index (χ2v) is 10.3. The monoisotopic (exact) mass is 428 g/mol. The fourth-order valence-corrected chi connectivity index (χ4v) is 3.31. The molecule has 0 unspecified atom stereocenters. The number of nitrogens with zero attached hydrogens (tertiary/aromatic N) is 2. The zero-order valence-electron chi connectivity index (χ0n) is 19.0. The molecule has 0 spiro atoms. The molecule has 30 heavy (non-hydrogen) atoms. The second-order valence-electron chi connectivity index (χ2n) is 9.47. The van der Waals surface area contributed by atoms with Gasteiger partial charge >= 0.3 is 0 Å². The van der Waals surface area contributed by atoms with Crippen molar-refractivity contribution in [3.8, 4) is 5.75 Å². The number of hydrogen-bond acceptors (Lipinski definition) is 4. The fraction of sp³-hybridized carbons (Fsp3) is 0.417. The number of benzene rings is 2. The number of aliphatic imine (C=N–C) groups is 1.